The minimum Gasteiger partial charge on any atom is -0.382 e. The number of ether oxygens (including phenoxy) is 2. The van der Waals surface area contributed by atoms with E-state index in [9.17, 15) is 4.79 Å². The number of carbonyl (C=O) groups is 1. The predicted molar refractivity (Wildman–Crippen MR) is 65.7 cm³/mol. The SMILES string of the molecule is COCCOCC(=O)N[C@H](C)c1ccccc1. The summed E-state index contributed by atoms with van der Waals surface area (Å²) in [5, 5.41) is 2.87. The monoisotopic (exact) mass is 237 g/mol. The van der Waals surface area contributed by atoms with Crippen LogP contribution >= 0.6 is 0 Å². The van der Waals surface area contributed by atoms with E-state index in [0.29, 0.717) is 13.2 Å². The largest absolute Gasteiger partial charge is 0.382 e. The summed E-state index contributed by atoms with van der Waals surface area (Å²) in [7, 11) is 1.60. The number of methoxy groups -OCH3 is 1. The number of nitrogens with one attached hydrogen (secondary N) is 1. The first-order valence-electron chi connectivity index (χ1n) is 5.65. The van der Waals surface area contributed by atoms with Gasteiger partial charge in [0.05, 0.1) is 19.3 Å². The van der Waals surface area contributed by atoms with Crippen LogP contribution < -0.4 is 5.32 Å². The minimum atomic E-state index is -0.113. The fraction of sp³-hybridized carbons (Fsp3) is 0.462. The maximum absolute atomic E-state index is 11.5. The van der Waals surface area contributed by atoms with Crippen LogP contribution in [0.4, 0.5) is 0 Å². The van der Waals surface area contributed by atoms with Crippen LogP contribution in [-0.4, -0.2) is 32.8 Å². The van der Waals surface area contributed by atoms with Gasteiger partial charge in [-0.15, -0.1) is 0 Å². The first kappa shape index (κ1) is 13.7. The van der Waals surface area contributed by atoms with Crippen LogP contribution in [0.1, 0.15) is 18.5 Å². The molecule has 0 aliphatic heterocycles. The summed E-state index contributed by atoms with van der Waals surface area (Å²) in [5.74, 6) is -0.113. The second-order valence-corrected chi connectivity index (χ2v) is 3.75. The summed E-state index contributed by atoms with van der Waals surface area (Å²) in [4.78, 5) is 11.5. The Bertz CT molecular complexity index is 327. The van der Waals surface area contributed by atoms with Crippen molar-refractivity contribution in [1.29, 1.82) is 0 Å². The lowest BCUT2D eigenvalue weighted by molar-refractivity contribution is -0.126. The average molecular weight is 237 g/mol. The number of rotatable bonds is 7. The lowest BCUT2D eigenvalue weighted by Crippen LogP contribution is -2.30. The van der Waals surface area contributed by atoms with Gasteiger partial charge in [-0.1, -0.05) is 30.3 Å². The van der Waals surface area contributed by atoms with E-state index in [2.05, 4.69) is 5.32 Å². The maximum atomic E-state index is 11.5. The van der Waals surface area contributed by atoms with Gasteiger partial charge in [-0.3, -0.25) is 4.79 Å². The standard InChI is InChI=1S/C13H19NO3/c1-11(12-6-4-3-5-7-12)14-13(15)10-17-9-8-16-2/h3-7,11H,8-10H2,1-2H3,(H,14,15)/t11-/m1/s1. The van der Waals surface area contributed by atoms with Gasteiger partial charge >= 0.3 is 0 Å². The first-order chi connectivity index (χ1) is 8.24. The second kappa shape index (κ2) is 7.81. The molecule has 0 bridgehead atoms. The molecule has 0 saturated heterocycles. The first-order valence-corrected chi connectivity index (χ1v) is 5.65. The fourth-order valence-electron chi connectivity index (χ4n) is 1.42. The van der Waals surface area contributed by atoms with Crippen molar-refractivity contribution in [2.24, 2.45) is 0 Å². The van der Waals surface area contributed by atoms with Crippen LogP contribution in [0.2, 0.25) is 0 Å². The number of amides is 1. The Morgan fingerprint density at radius 2 is 2.00 bits per heavy atom. The number of carbonyl (C=O) groups excluding carboxylic acids is 1. The molecule has 0 radical (unpaired) electrons. The molecule has 17 heavy (non-hydrogen) atoms. The van der Waals surface area contributed by atoms with Crippen molar-refractivity contribution < 1.29 is 14.3 Å². The van der Waals surface area contributed by atoms with Gasteiger partial charge in [-0.05, 0) is 12.5 Å². The third kappa shape index (κ3) is 5.47. The Balaban J connectivity index is 2.26. The average Bonchev–Trinajstić information content (AvgIpc) is 2.36. The molecule has 0 fully saturated rings. The lowest BCUT2D eigenvalue weighted by Gasteiger charge is -2.14. The smallest absolute Gasteiger partial charge is 0.246 e. The molecule has 1 rings (SSSR count). The molecule has 4 nitrogen and oxygen atoms in total. The van der Waals surface area contributed by atoms with Crippen LogP contribution in [0.3, 0.4) is 0 Å². The normalized spacial score (nSPS) is 12.1. The highest BCUT2D eigenvalue weighted by molar-refractivity contribution is 5.77. The highest BCUT2D eigenvalue weighted by atomic mass is 16.5. The van der Waals surface area contributed by atoms with E-state index < -0.39 is 0 Å². The molecule has 4 heteroatoms. The molecular formula is C13H19NO3. The molecule has 1 N–H and O–H groups in total. The zero-order chi connectivity index (χ0) is 12.5. The van der Waals surface area contributed by atoms with Crippen LogP contribution in [-0.2, 0) is 14.3 Å². The molecule has 0 aliphatic rings. The Morgan fingerprint density at radius 1 is 1.29 bits per heavy atom. The van der Waals surface area contributed by atoms with Crippen molar-refractivity contribution >= 4 is 5.91 Å². The third-order valence-corrected chi connectivity index (χ3v) is 2.34. The van der Waals surface area contributed by atoms with E-state index in [1.807, 2.05) is 37.3 Å². The molecule has 1 atom stereocenters. The van der Waals surface area contributed by atoms with E-state index >= 15 is 0 Å². The highest BCUT2D eigenvalue weighted by Crippen LogP contribution is 2.10. The van der Waals surface area contributed by atoms with Gasteiger partial charge < -0.3 is 14.8 Å². The molecule has 0 aromatic heterocycles. The molecule has 0 unspecified atom stereocenters. The van der Waals surface area contributed by atoms with Crippen molar-refractivity contribution in [3.63, 3.8) is 0 Å². The van der Waals surface area contributed by atoms with Gasteiger partial charge in [0.1, 0.15) is 6.61 Å². The van der Waals surface area contributed by atoms with Gasteiger partial charge in [-0.25, -0.2) is 0 Å². The van der Waals surface area contributed by atoms with E-state index in [1.165, 1.54) is 0 Å². The van der Waals surface area contributed by atoms with E-state index in [0.717, 1.165) is 5.56 Å². The molecule has 0 heterocycles. The molecule has 1 aromatic carbocycles. The lowest BCUT2D eigenvalue weighted by atomic mass is 10.1. The van der Waals surface area contributed by atoms with E-state index in [4.69, 9.17) is 9.47 Å². The number of benzene rings is 1. The van der Waals surface area contributed by atoms with Crippen LogP contribution in [0.25, 0.3) is 0 Å². The summed E-state index contributed by atoms with van der Waals surface area (Å²) in [5.41, 5.74) is 1.08. The van der Waals surface area contributed by atoms with Crippen molar-refractivity contribution in [3.05, 3.63) is 35.9 Å². The van der Waals surface area contributed by atoms with Crippen LogP contribution in [0.15, 0.2) is 30.3 Å². The quantitative estimate of drug-likeness (QED) is 0.731. The zero-order valence-electron chi connectivity index (χ0n) is 10.3. The molecule has 0 aliphatic carbocycles. The van der Waals surface area contributed by atoms with Gasteiger partial charge in [0.2, 0.25) is 5.91 Å². The third-order valence-electron chi connectivity index (χ3n) is 2.34. The molecule has 0 saturated carbocycles. The van der Waals surface area contributed by atoms with Gasteiger partial charge in [0.15, 0.2) is 0 Å². The van der Waals surface area contributed by atoms with E-state index in [1.54, 1.807) is 7.11 Å². The summed E-state index contributed by atoms with van der Waals surface area (Å²) < 4.78 is 9.95. The zero-order valence-corrected chi connectivity index (χ0v) is 10.3. The molecule has 0 spiro atoms. The van der Waals surface area contributed by atoms with Gasteiger partial charge in [0, 0.05) is 7.11 Å². The van der Waals surface area contributed by atoms with Crippen molar-refractivity contribution in [3.8, 4) is 0 Å². The van der Waals surface area contributed by atoms with Crippen molar-refractivity contribution in [2.75, 3.05) is 26.9 Å². The van der Waals surface area contributed by atoms with Crippen molar-refractivity contribution in [1.82, 2.24) is 5.32 Å². The van der Waals surface area contributed by atoms with Crippen LogP contribution in [0, 0.1) is 0 Å². The fourth-order valence-corrected chi connectivity index (χ4v) is 1.42. The summed E-state index contributed by atoms with van der Waals surface area (Å²) in [6.45, 7) is 2.95. The van der Waals surface area contributed by atoms with Gasteiger partial charge in [0.25, 0.3) is 0 Å². The Labute approximate surface area is 102 Å². The highest BCUT2D eigenvalue weighted by Gasteiger charge is 2.08. The Hall–Kier alpha value is -1.39. The summed E-state index contributed by atoms with van der Waals surface area (Å²) in [6.07, 6.45) is 0. The number of hydrogen-bond donors (Lipinski definition) is 1. The topological polar surface area (TPSA) is 47.6 Å². The van der Waals surface area contributed by atoms with Crippen LogP contribution in [0.5, 0.6) is 0 Å². The predicted octanol–water partition coefficient (Wildman–Crippen LogP) is 1.53. The van der Waals surface area contributed by atoms with Gasteiger partial charge in [-0.2, -0.15) is 0 Å². The summed E-state index contributed by atoms with van der Waals surface area (Å²) >= 11 is 0. The molecule has 94 valence electrons. The molecular weight excluding hydrogens is 218 g/mol. The second-order valence-electron chi connectivity index (χ2n) is 3.75. The Morgan fingerprint density at radius 3 is 2.65 bits per heavy atom. The number of hydrogen-bond acceptors (Lipinski definition) is 3. The minimum absolute atomic E-state index is 0.00488. The summed E-state index contributed by atoms with van der Waals surface area (Å²) in [6, 6.07) is 9.81. The van der Waals surface area contributed by atoms with Crippen molar-refractivity contribution in [2.45, 2.75) is 13.0 Å². The van der Waals surface area contributed by atoms with E-state index in [-0.39, 0.29) is 18.6 Å². The maximum Gasteiger partial charge on any atom is 0.246 e. The molecule has 1 amide bonds. The Kier molecular flexibility index (Phi) is 6.29. The molecule has 1 aromatic rings.